The van der Waals surface area contributed by atoms with Gasteiger partial charge in [-0.2, -0.15) is 0 Å². The molecule has 0 amide bonds. The summed E-state index contributed by atoms with van der Waals surface area (Å²) in [5.74, 6) is 0. The van der Waals surface area contributed by atoms with E-state index in [4.69, 9.17) is 0 Å². The fourth-order valence-electron chi connectivity index (χ4n) is 3.32. The van der Waals surface area contributed by atoms with Gasteiger partial charge in [0, 0.05) is 0 Å². The van der Waals surface area contributed by atoms with Crippen LogP contribution in [0.1, 0.15) is 90.9 Å². The van der Waals surface area contributed by atoms with Gasteiger partial charge in [0.25, 0.3) is 0 Å². The summed E-state index contributed by atoms with van der Waals surface area (Å²) >= 11 is -1.34. The second-order valence-corrected chi connectivity index (χ2v) is 15.0. The van der Waals surface area contributed by atoms with Crippen LogP contribution in [0.15, 0.2) is 30.3 Å². The van der Waals surface area contributed by atoms with Crippen molar-refractivity contribution >= 4 is 40.3 Å². The Bertz CT molecular complexity index is 336. The zero-order valence-corrected chi connectivity index (χ0v) is 20.8. The molecule has 0 nitrogen and oxygen atoms in total. The van der Waals surface area contributed by atoms with Crippen LogP contribution in [0.25, 0.3) is 0 Å². The first kappa shape index (κ1) is 24.5. The van der Waals surface area contributed by atoms with Crippen molar-refractivity contribution in [2.45, 2.75) is 99.8 Å². The summed E-state index contributed by atoms with van der Waals surface area (Å²) in [6.07, 6.45) is 17.4. The summed E-state index contributed by atoms with van der Waals surface area (Å²) in [5, 5.41) is 0. The molecule has 0 saturated carbocycles. The summed E-state index contributed by atoms with van der Waals surface area (Å²) < 4.78 is 4.96. The second-order valence-electron chi connectivity index (χ2n) is 7.01. The van der Waals surface area contributed by atoms with Gasteiger partial charge in [0.1, 0.15) is 0 Å². The third-order valence-corrected chi connectivity index (χ3v) is 13.6. The van der Waals surface area contributed by atoms with Crippen LogP contribution in [0.3, 0.4) is 0 Å². The van der Waals surface area contributed by atoms with Crippen LogP contribution in [-0.4, -0.2) is 19.8 Å². The number of halogens is 1. The molecule has 0 bridgehead atoms. The standard InChI is InChI=1S/2C8H17.C6H5.BrH.Sn/c2*1-3-5-7-8-6-4-2;1-2-4-6-5-3-1;;/h2*1,3-8H2,2H3;1-5H;1H;. The van der Waals surface area contributed by atoms with Gasteiger partial charge in [-0.1, -0.05) is 0 Å². The Morgan fingerprint density at radius 3 is 1.46 bits per heavy atom. The van der Waals surface area contributed by atoms with Gasteiger partial charge < -0.3 is 0 Å². The molecule has 0 atom stereocenters. The fraction of sp³-hybridized carbons (Fsp3) is 0.727. The Morgan fingerprint density at radius 2 is 1.00 bits per heavy atom. The van der Waals surface area contributed by atoms with Crippen LogP contribution in [-0.2, 0) is 0 Å². The number of benzene rings is 1. The molecule has 1 aromatic rings. The molecule has 0 aliphatic heterocycles. The third-order valence-electron chi connectivity index (χ3n) is 4.85. The molecule has 0 N–H and O–H groups in total. The van der Waals surface area contributed by atoms with Gasteiger partial charge in [-0.25, -0.2) is 0 Å². The van der Waals surface area contributed by atoms with Crippen molar-refractivity contribution in [2.24, 2.45) is 0 Å². The van der Waals surface area contributed by atoms with E-state index in [1.165, 1.54) is 77.0 Å². The van der Waals surface area contributed by atoms with Crippen LogP contribution >= 0.6 is 17.0 Å². The van der Waals surface area contributed by atoms with Gasteiger partial charge in [-0.3, -0.25) is 0 Å². The maximum absolute atomic E-state index is 2.43. The van der Waals surface area contributed by atoms with E-state index in [1.807, 2.05) is 0 Å². The predicted octanol–water partition coefficient (Wildman–Crippen LogP) is 7.69. The van der Waals surface area contributed by atoms with E-state index in [2.05, 4.69) is 44.2 Å². The van der Waals surface area contributed by atoms with E-state index < -0.39 is 19.8 Å². The van der Waals surface area contributed by atoms with Crippen molar-refractivity contribution in [1.82, 2.24) is 0 Å². The van der Waals surface area contributed by atoms with E-state index in [-0.39, 0.29) is 17.0 Å². The number of unbranched alkanes of at least 4 members (excludes halogenated alkanes) is 10. The Balaban J connectivity index is 0.00000529. The van der Waals surface area contributed by atoms with Crippen molar-refractivity contribution in [3.05, 3.63) is 30.3 Å². The summed E-state index contributed by atoms with van der Waals surface area (Å²) in [6, 6.07) is 11.6. The first-order valence-corrected chi connectivity index (χ1v) is 15.7. The SMILES string of the molecule is Br.CCCCCCC[CH2][Sn]([CH2]CCCCCCC)[c]1ccccc1. The quantitative estimate of drug-likeness (QED) is 0.170. The summed E-state index contributed by atoms with van der Waals surface area (Å²) in [4.78, 5) is 0. The van der Waals surface area contributed by atoms with Crippen LogP contribution < -0.4 is 3.58 Å². The Labute approximate surface area is 169 Å². The molecule has 139 valence electrons. The van der Waals surface area contributed by atoms with E-state index in [0.29, 0.717) is 0 Å². The van der Waals surface area contributed by atoms with Crippen LogP contribution in [0.4, 0.5) is 0 Å². The topological polar surface area (TPSA) is 0 Å². The van der Waals surface area contributed by atoms with Crippen LogP contribution in [0.2, 0.25) is 8.87 Å². The molecule has 2 heteroatoms. The van der Waals surface area contributed by atoms with Gasteiger partial charge in [-0.05, 0) is 0 Å². The third kappa shape index (κ3) is 12.8. The molecule has 0 fully saturated rings. The Morgan fingerprint density at radius 1 is 0.583 bits per heavy atom. The van der Waals surface area contributed by atoms with Crippen molar-refractivity contribution in [1.29, 1.82) is 0 Å². The monoisotopic (exact) mass is 503 g/mol. The van der Waals surface area contributed by atoms with Gasteiger partial charge in [-0.15, -0.1) is 17.0 Å². The zero-order valence-electron chi connectivity index (χ0n) is 16.2. The number of rotatable bonds is 15. The molecule has 24 heavy (non-hydrogen) atoms. The molecular formula is C22H40BrSn. The van der Waals surface area contributed by atoms with Crippen LogP contribution in [0.5, 0.6) is 0 Å². The molecule has 1 aromatic carbocycles. The van der Waals surface area contributed by atoms with Gasteiger partial charge >= 0.3 is 153 Å². The molecule has 0 aliphatic rings. The van der Waals surface area contributed by atoms with Crippen LogP contribution in [0, 0.1) is 0 Å². The first-order valence-electron chi connectivity index (χ1n) is 10.3. The molecule has 0 aliphatic carbocycles. The summed E-state index contributed by atoms with van der Waals surface area (Å²) in [6.45, 7) is 4.61. The minimum atomic E-state index is -1.34. The predicted molar refractivity (Wildman–Crippen MR) is 119 cm³/mol. The van der Waals surface area contributed by atoms with Gasteiger partial charge in [0.15, 0.2) is 0 Å². The maximum atomic E-state index is 2.43. The number of hydrogen-bond acceptors (Lipinski definition) is 0. The molecule has 1 radical (unpaired) electrons. The summed E-state index contributed by atoms with van der Waals surface area (Å²) in [7, 11) is 0. The molecule has 1 rings (SSSR count). The minimum absolute atomic E-state index is 0. The second kappa shape index (κ2) is 18.3. The average Bonchev–Trinajstić information content (AvgIpc) is 2.60. The van der Waals surface area contributed by atoms with Crippen molar-refractivity contribution in [3.8, 4) is 0 Å². The van der Waals surface area contributed by atoms with Crippen molar-refractivity contribution < 1.29 is 0 Å². The average molecular weight is 503 g/mol. The Hall–Kier alpha value is 0.499. The molecule has 0 unspecified atom stereocenters. The van der Waals surface area contributed by atoms with Crippen molar-refractivity contribution in [3.63, 3.8) is 0 Å². The first-order chi connectivity index (χ1) is 11.4. The van der Waals surface area contributed by atoms with E-state index in [9.17, 15) is 0 Å². The van der Waals surface area contributed by atoms with E-state index in [1.54, 1.807) is 12.5 Å². The molecule has 0 heterocycles. The molecular weight excluding hydrogens is 463 g/mol. The fourth-order valence-corrected chi connectivity index (χ4v) is 11.4. The normalized spacial score (nSPS) is 10.8. The molecule has 0 aromatic heterocycles. The van der Waals surface area contributed by atoms with Crippen molar-refractivity contribution in [2.75, 3.05) is 0 Å². The number of hydrogen-bond donors (Lipinski definition) is 0. The summed E-state index contributed by atoms with van der Waals surface area (Å²) in [5.41, 5.74) is 0. The molecule has 0 saturated heterocycles. The van der Waals surface area contributed by atoms with Gasteiger partial charge in [0.2, 0.25) is 0 Å². The van der Waals surface area contributed by atoms with Gasteiger partial charge in [0.05, 0.1) is 0 Å². The van der Waals surface area contributed by atoms with E-state index >= 15 is 0 Å². The molecule has 0 spiro atoms. The zero-order chi connectivity index (χ0) is 16.6. The Kier molecular flexibility index (Phi) is 18.7. The van der Waals surface area contributed by atoms with E-state index in [0.717, 1.165) is 0 Å².